The van der Waals surface area contributed by atoms with Crippen LogP contribution in [0.15, 0.2) is 41.3 Å². The van der Waals surface area contributed by atoms with Crippen LogP contribution in [0, 0.1) is 0 Å². The molecule has 0 unspecified atom stereocenters. The molecule has 1 aliphatic rings. The van der Waals surface area contributed by atoms with Gasteiger partial charge in [-0.2, -0.15) is 0 Å². The van der Waals surface area contributed by atoms with Gasteiger partial charge in [-0.25, -0.2) is 0 Å². The fourth-order valence-corrected chi connectivity index (χ4v) is 3.43. The lowest BCUT2D eigenvalue weighted by atomic mass is 10.0. The highest BCUT2D eigenvalue weighted by molar-refractivity contribution is 8.18. The summed E-state index contributed by atoms with van der Waals surface area (Å²) < 4.78 is 5.65. The Kier molecular flexibility index (Phi) is 4.76. The lowest BCUT2D eigenvalue weighted by molar-refractivity contribution is -0.140. The molecular weight excluding hydrogens is 342 g/mol. The molecule has 1 fully saturated rings. The first kappa shape index (κ1) is 17.0. The van der Waals surface area contributed by atoms with E-state index >= 15 is 0 Å². The van der Waals surface area contributed by atoms with E-state index in [1.807, 2.05) is 43.3 Å². The van der Waals surface area contributed by atoms with E-state index in [0.29, 0.717) is 17.9 Å². The monoisotopic (exact) mass is 357 g/mol. The maximum absolute atomic E-state index is 12.4. The van der Waals surface area contributed by atoms with E-state index in [9.17, 15) is 14.4 Å². The Labute approximate surface area is 148 Å². The molecule has 0 spiro atoms. The minimum atomic E-state index is -1.23. The number of rotatable bonds is 5. The number of carboxylic acid groups (broad SMARTS) is 1. The molecule has 7 heteroatoms. The molecule has 128 valence electrons. The van der Waals surface area contributed by atoms with Gasteiger partial charge in [-0.15, -0.1) is 0 Å². The first-order chi connectivity index (χ1) is 12.0. The van der Waals surface area contributed by atoms with Crippen LogP contribution in [0.25, 0.3) is 16.8 Å². The summed E-state index contributed by atoms with van der Waals surface area (Å²) in [5, 5.41) is 10.1. The SMILES string of the molecule is CCOc1ccc2ccccc2c1/C=C1/SC(=O)N(CC(=O)O)C1=O. The van der Waals surface area contributed by atoms with Gasteiger partial charge in [-0.05, 0) is 41.6 Å². The van der Waals surface area contributed by atoms with Crippen molar-refractivity contribution in [1.29, 1.82) is 0 Å². The van der Waals surface area contributed by atoms with E-state index < -0.39 is 23.7 Å². The van der Waals surface area contributed by atoms with Crippen molar-refractivity contribution in [3.63, 3.8) is 0 Å². The van der Waals surface area contributed by atoms with Gasteiger partial charge >= 0.3 is 5.97 Å². The molecule has 0 radical (unpaired) electrons. The molecule has 2 aromatic rings. The smallest absolute Gasteiger partial charge is 0.323 e. The van der Waals surface area contributed by atoms with Gasteiger partial charge in [0.15, 0.2) is 0 Å². The Bertz CT molecular complexity index is 905. The van der Waals surface area contributed by atoms with Crippen LogP contribution in [0.2, 0.25) is 0 Å². The van der Waals surface area contributed by atoms with Crippen molar-refractivity contribution in [3.05, 3.63) is 46.9 Å². The summed E-state index contributed by atoms with van der Waals surface area (Å²) >= 11 is 0.734. The van der Waals surface area contributed by atoms with Crippen LogP contribution in [0.1, 0.15) is 12.5 Å². The molecule has 1 saturated heterocycles. The second-order valence-electron chi connectivity index (χ2n) is 5.29. The van der Waals surface area contributed by atoms with Crippen molar-refractivity contribution in [3.8, 4) is 5.75 Å². The topological polar surface area (TPSA) is 83.9 Å². The number of carbonyl (C=O) groups excluding carboxylic acids is 2. The number of amides is 2. The summed E-state index contributed by atoms with van der Waals surface area (Å²) in [5.41, 5.74) is 0.695. The zero-order valence-electron chi connectivity index (χ0n) is 13.4. The zero-order valence-corrected chi connectivity index (χ0v) is 14.2. The van der Waals surface area contributed by atoms with Crippen molar-refractivity contribution in [2.45, 2.75) is 6.92 Å². The summed E-state index contributed by atoms with van der Waals surface area (Å²) in [6.45, 7) is 1.68. The third-order valence-electron chi connectivity index (χ3n) is 3.67. The van der Waals surface area contributed by atoms with E-state index in [0.717, 1.165) is 27.4 Å². The Hall–Kier alpha value is -2.80. The second-order valence-corrected chi connectivity index (χ2v) is 6.29. The number of fused-ring (bicyclic) bond motifs is 1. The number of ether oxygens (including phenoxy) is 1. The zero-order chi connectivity index (χ0) is 18.0. The van der Waals surface area contributed by atoms with Crippen molar-refractivity contribution in [2.75, 3.05) is 13.2 Å². The molecule has 0 aliphatic carbocycles. The molecule has 0 saturated carbocycles. The van der Waals surface area contributed by atoms with Crippen LogP contribution in [-0.4, -0.2) is 40.3 Å². The highest BCUT2D eigenvalue weighted by Gasteiger charge is 2.36. The number of carbonyl (C=O) groups is 3. The first-order valence-electron chi connectivity index (χ1n) is 7.63. The summed E-state index contributed by atoms with van der Waals surface area (Å²) in [5.74, 6) is -1.23. The van der Waals surface area contributed by atoms with Gasteiger partial charge < -0.3 is 9.84 Å². The fourth-order valence-electron chi connectivity index (χ4n) is 2.61. The Balaban J connectivity index is 2.08. The summed E-state index contributed by atoms with van der Waals surface area (Å²) in [4.78, 5) is 36.0. The molecule has 3 rings (SSSR count). The molecule has 1 N–H and O–H groups in total. The van der Waals surface area contributed by atoms with Crippen LogP contribution in [0.3, 0.4) is 0 Å². The average molecular weight is 357 g/mol. The standard InChI is InChI=1S/C18H15NO5S/c1-2-24-14-8-7-11-5-3-4-6-12(11)13(14)9-15-17(22)19(10-16(20)21)18(23)25-15/h3-9H,2,10H2,1H3,(H,20,21)/b15-9+. The number of benzene rings is 2. The molecule has 0 aromatic heterocycles. The summed E-state index contributed by atoms with van der Waals surface area (Å²) in [6, 6.07) is 11.4. The number of thioether (sulfide) groups is 1. The van der Waals surface area contributed by atoms with Crippen LogP contribution < -0.4 is 4.74 Å². The van der Waals surface area contributed by atoms with E-state index in [1.54, 1.807) is 6.08 Å². The average Bonchev–Trinajstić information content (AvgIpc) is 2.84. The minimum absolute atomic E-state index is 0.184. The lowest BCUT2D eigenvalue weighted by Crippen LogP contribution is -2.33. The Morgan fingerprint density at radius 2 is 2.00 bits per heavy atom. The quantitative estimate of drug-likeness (QED) is 0.826. The number of aliphatic carboxylic acids is 1. The van der Waals surface area contributed by atoms with Crippen LogP contribution in [-0.2, 0) is 9.59 Å². The van der Waals surface area contributed by atoms with Gasteiger partial charge in [0.1, 0.15) is 12.3 Å². The highest BCUT2D eigenvalue weighted by Crippen LogP contribution is 2.36. The van der Waals surface area contributed by atoms with Crippen molar-refractivity contribution < 1.29 is 24.2 Å². The molecule has 0 bridgehead atoms. The predicted molar refractivity (Wildman–Crippen MR) is 95.4 cm³/mol. The van der Waals surface area contributed by atoms with E-state index in [4.69, 9.17) is 9.84 Å². The van der Waals surface area contributed by atoms with Crippen LogP contribution in [0.4, 0.5) is 4.79 Å². The molecule has 2 aromatic carbocycles. The van der Waals surface area contributed by atoms with E-state index in [-0.39, 0.29) is 4.91 Å². The highest BCUT2D eigenvalue weighted by atomic mass is 32.2. The Morgan fingerprint density at radius 1 is 1.24 bits per heavy atom. The molecule has 1 heterocycles. The number of carboxylic acids is 1. The molecule has 6 nitrogen and oxygen atoms in total. The summed E-state index contributed by atoms with van der Waals surface area (Å²) in [7, 11) is 0. The molecule has 25 heavy (non-hydrogen) atoms. The number of imide groups is 1. The lowest BCUT2D eigenvalue weighted by Gasteiger charge is -2.11. The summed E-state index contributed by atoms with van der Waals surface area (Å²) in [6.07, 6.45) is 1.60. The van der Waals surface area contributed by atoms with Gasteiger partial charge in [-0.3, -0.25) is 19.3 Å². The normalized spacial score (nSPS) is 16.0. The van der Waals surface area contributed by atoms with Gasteiger partial charge in [0, 0.05) is 5.56 Å². The van der Waals surface area contributed by atoms with Crippen molar-refractivity contribution >= 4 is 45.7 Å². The van der Waals surface area contributed by atoms with E-state index in [1.165, 1.54) is 0 Å². The minimum Gasteiger partial charge on any atom is -0.493 e. The largest absolute Gasteiger partial charge is 0.493 e. The van der Waals surface area contributed by atoms with Gasteiger partial charge in [-0.1, -0.05) is 30.3 Å². The van der Waals surface area contributed by atoms with Gasteiger partial charge in [0.2, 0.25) is 0 Å². The Morgan fingerprint density at radius 3 is 2.72 bits per heavy atom. The van der Waals surface area contributed by atoms with Crippen molar-refractivity contribution in [2.24, 2.45) is 0 Å². The third kappa shape index (κ3) is 3.36. The molecular formula is C18H15NO5S. The van der Waals surface area contributed by atoms with E-state index in [2.05, 4.69) is 0 Å². The molecule has 0 atom stereocenters. The number of hydrogen-bond acceptors (Lipinski definition) is 5. The maximum Gasteiger partial charge on any atom is 0.323 e. The number of hydrogen-bond donors (Lipinski definition) is 1. The fraction of sp³-hybridized carbons (Fsp3) is 0.167. The van der Waals surface area contributed by atoms with Crippen LogP contribution >= 0.6 is 11.8 Å². The number of nitrogens with zero attached hydrogens (tertiary/aromatic N) is 1. The van der Waals surface area contributed by atoms with Crippen molar-refractivity contribution in [1.82, 2.24) is 4.90 Å². The third-order valence-corrected chi connectivity index (χ3v) is 4.58. The maximum atomic E-state index is 12.4. The van der Waals surface area contributed by atoms with Gasteiger partial charge in [0.05, 0.1) is 11.5 Å². The molecule has 1 aliphatic heterocycles. The molecule has 2 amide bonds. The second kappa shape index (κ2) is 6.98. The predicted octanol–water partition coefficient (Wildman–Crippen LogP) is 3.36. The first-order valence-corrected chi connectivity index (χ1v) is 8.44. The van der Waals surface area contributed by atoms with Gasteiger partial charge in [0.25, 0.3) is 11.1 Å². The van der Waals surface area contributed by atoms with Crippen LogP contribution in [0.5, 0.6) is 5.75 Å².